The van der Waals surface area contributed by atoms with Gasteiger partial charge in [0.25, 0.3) is 5.91 Å². The summed E-state index contributed by atoms with van der Waals surface area (Å²) in [6.45, 7) is 3.86. The molecule has 3 heterocycles. The Hall–Kier alpha value is -2.28. The van der Waals surface area contributed by atoms with Crippen LogP contribution in [0.15, 0.2) is 30.3 Å². The average Bonchev–Trinajstić information content (AvgIpc) is 3.58. The van der Waals surface area contributed by atoms with Crippen LogP contribution in [0.1, 0.15) is 73.6 Å². The number of carbonyl (C=O) groups excluding carboxylic acids is 1. The molecule has 160 valence electrons. The van der Waals surface area contributed by atoms with Crippen LogP contribution in [0.4, 0.5) is 0 Å². The number of hydrogen-bond acceptors (Lipinski definition) is 5. The lowest BCUT2D eigenvalue weighted by Crippen LogP contribution is -2.47. The van der Waals surface area contributed by atoms with Crippen LogP contribution in [0.5, 0.6) is 0 Å². The molecular formula is C23H32N6O. The van der Waals surface area contributed by atoms with Crippen LogP contribution in [0.3, 0.4) is 0 Å². The van der Waals surface area contributed by atoms with Crippen LogP contribution in [0, 0.1) is 5.92 Å². The first kappa shape index (κ1) is 19.7. The molecule has 2 aliphatic heterocycles. The zero-order valence-electron chi connectivity index (χ0n) is 17.7. The summed E-state index contributed by atoms with van der Waals surface area (Å²) in [5, 5.41) is 12.4. The van der Waals surface area contributed by atoms with Gasteiger partial charge >= 0.3 is 0 Å². The maximum Gasteiger partial charge on any atom is 0.254 e. The lowest BCUT2D eigenvalue weighted by molar-refractivity contribution is 0.0511. The highest BCUT2D eigenvalue weighted by atomic mass is 16.2. The zero-order chi connectivity index (χ0) is 20.3. The van der Waals surface area contributed by atoms with Gasteiger partial charge in [0.05, 0.1) is 12.6 Å². The Labute approximate surface area is 178 Å². The molecule has 0 radical (unpaired) electrons. The average molecular weight is 409 g/mol. The van der Waals surface area contributed by atoms with Gasteiger partial charge in [-0.25, -0.2) is 4.68 Å². The number of piperidine rings is 1. The summed E-state index contributed by atoms with van der Waals surface area (Å²) in [7, 11) is 0. The highest BCUT2D eigenvalue weighted by molar-refractivity contribution is 5.94. The van der Waals surface area contributed by atoms with Crippen LogP contribution in [0.25, 0.3) is 0 Å². The van der Waals surface area contributed by atoms with Crippen molar-refractivity contribution in [2.45, 2.75) is 70.0 Å². The van der Waals surface area contributed by atoms with Crippen molar-refractivity contribution in [3.05, 3.63) is 41.7 Å². The summed E-state index contributed by atoms with van der Waals surface area (Å²) in [5.74, 6) is 1.81. The third-order valence-electron chi connectivity index (χ3n) is 7.08. The van der Waals surface area contributed by atoms with Gasteiger partial charge in [-0.15, -0.1) is 5.10 Å². The molecule has 1 unspecified atom stereocenters. The van der Waals surface area contributed by atoms with Gasteiger partial charge in [-0.05, 0) is 80.1 Å². The van der Waals surface area contributed by atoms with Crippen LogP contribution < -0.4 is 0 Å². The zero-order valence-corrected chi connectivity index (χ0v) is 17.7. The van der Waals surface area contributed by atoms with Crippen molar-refractivity contribution < 1.29 is 4.79 Å². The molecule has 0 bridgehead atoms. The van der Waals surface area contributed by atoms with Crippen molar-refractivity contribution >= 4 is 5.91 Å². The van der Waals surface area contributed by atoms with Gasteiger partial charge in [-0.3, -0.25) is 9.69 Å². The van der Waals surface area contributed by atoms with Gasteiger partial charge in [0.15, 0.2) is 5.82 Å². The van der Waals surface area contributed by atoms with E-state index in [9.17, 15) is 4.79 Å². The molecule has 7 heteroatoms. The third-order valence-corrected chi connectivity index (χ3v) is 7.08. The summed E-state index contributed by atoms with van der Waals surface area (Å²) in [6.07, 6.45) is 9.43. The first-order chi connectivity index (χ1) is 14.8. The van der Waals surface area contributed by atoms with E-state index in [1.54, 1.807) is 0 Å². The highest BCUT2D eigenvalue weighted by Gasteiger charge is 2.35. The number of amides is 1. The second kappa shape index (κ2) is 8.84. The van der Waals surface area contributed by atoms with Gasteiger partial charge in [0.2, 0.25) is 0 Å². The predicted octanol–water partition coefficient (Wildman–Crippen LogP) is 3.31. The van der Waals surface area contributed by atoms with Crippen LogP contribution in [0.2, 0.25) is 0 Å². The second-order valence-corrected chi connectivity index (χ2v) is 9.17. The van der Waals surface area contributed by atoms with E-state index in [0.29, 0.717) is 18.0 Å². The standard InChI is InChI=1S/C23H32N6O/c30-23(19-7-3-1-4-8-19)28-14-6-2-5-9-21(28)18-12-15-27(16-13-18)17-22-24-25-26-29(22)20-10-11-20/h1,3-4,7-8,18,20-21H,2,5-6,9-17H2. The fourth-order valence-electron chi connectivity index (χ4n) is 5.24. The third kappa shape index (κ3) is 4.26. The molecule has 0 N–H and O–H groups in total. The fourth-order valence-corrected chi connectivity index (χ4v) is 5.24. The summed E-state index contributed by atoms with van der Waals surface area (Å²) < 4.78 is 2.03. The van der Waals surface area contributed by atoms with E-state index < -0.39 is 0 Å². The Morgan fingerprint density at radius 3 is 2.50 bits per heavy atom. The molecule has 1 aromatic heterocycles. The van der Waals surface area contributed by atoms with E-state index in [2.05, 4.69) is 25.3 Å². The summed E-state index contributed by atoms with van der Waals surface area (Å²) in [4.78, 5) is 18.0. The molecule has 2 saturated heterocycles. The van der Waals surface area contributed by atoms with E-state index >= 15 is 0 Å². The summed E-state index contributed by atoms with van der Waals surface area (Å²) >= 11 is 0. The molecule has 3 aliphatic rings. The van der Waals surface area contributed by atoms with E-state index in [1.165, 1.54) is 25.7 Å². The summed E-state index contributed by atoms with van der Waals surface area (Å²) in [6, 6.07) is 10.7. The molecule has 30 heavy (non-hydrogen) atoms. The first-order valence-electron chi connectivity index (χ1n) is 11.6. The minimum atomic E-state index is 0.216. The maximum absolute atomic E-state index is 13.3. The van der Waals surface area contributed by atoms with Crippen molar-refractivity contribution in [1.29, 1.82) is 0 Å². The Kier molecular flexibility index (Phi) is 5.79. The predicted molar refractivity (Wildman–Crippen MR) is 114 cm³/mol. The van der Waals surface area contributed by atoms with Crippen LogP contribution in [-0.2, 0) is 6.54 Å². The molecule has 1 atom stereocenters. The normalized spacial score (nSPS) is 24.0. The van der Waals surface area contributed by atoms with Crippen molar-refractivity contribution in [2.24, 2.45) is 5.92 Å². The van der Waals surface area contributed by atoms with Gasteiger partial charge < -0.3 is 4.90 Å². The van der Waals surface area contributed by atoms with E-state index in [0.717, 1.165) is 63.3 Å². The Morgan fingerprint density at radius 2 is 1.73 bits per heavy atom. The molecule has 2 aromatic rings. The molecule has 5 rings (SSSR count). The Bertz CT molecular complexity index is 840. The quantitative estimate of drug-likeness (QED) is 0.759. The number of benzene rings is 1. The molecule has 1 amide bonds. The SMILES string of the molecule is O=C(c1ccccc1)N1CCCCCC1C1CCN(Cc2nnnn2C2CC2)CC1. The van der Waals surface area contributed by atoms with Gasteiger partial charge in [-0.1, -0.05) is 31.0 Å². The number of tetrazole rings is 1. The van der Waals surface area contributed by atoms with Crippen molar-refractivity contribution in [3.63, 3.8) is 0 Å². The largest absolute Gasteiger partial charge is 0.335 e. The lowest BCUT2D eigenvalue weighted by atomic mass is 9.86. The molecule has 0 spiro atoms. The molecule has 7 nitrogen and oxygen atoms in total. The van der Waals surface area contributed by atoms with Crippen molar-refractivity contribution in [1.82, 2.24) is 30.0 Å². The van der Waals surface area contributed by atoms with Crippen molar-refractivity contribution in [2.75, 3.05) is 19.6 Å². The van der Waals surface area contributed by atoms with E-state index in [4.69, 9.17) is 0 Å². The highest BCUT2D eigenvalue weighted by Crippen LogP contribution is 2.35. The fraction of sp³-hybridized carbons (Fsp3) is 0.652. The second-order valence-electron chi connectivity index (χ2n) is 9.17. The van der Waals surface area contributed by atoms with Gasteiger partial charge in [0, 0.05) is 18.2 Å². The lowest BCUT2D eigenvalue weighted by Gasteiger charge is -2.40. The van der Waals surface area contributed by atoms with Crippen LogP contribution >= 0.6 is 0 Å². The Morgan fingerprint density at radius 1 is 0.933 bits per heavy atom. The number of likely N-dealkylation sites (tertiary alicyclic amines) is 2. The van der Waals surface area contributed by atoms with Gasteiger partial charge in [0.1, 0.15) is 0 Å². The molecule has 1 aliphatic carbocycles. The van der Waals surface area contributed by atoms with E-state index in [-0.39, 0.29) is 5.91 Å². The topological polar surface area (TPSA) is 67.2 Å². The number of rotatable bonds is 5. The maximum atomic E-state index is 13.3. The van der Waals surface area contributed by atoms with E-state index in [1.807, 2.05) is 35.0 Å². The minimum absolute atomic E-state index is 0.216. The molecular weight excluding hydrogens is 376 g/mol. The molecule has 1 aromatic carbocycles. The summed E-state index contributed by atoms with van der Waals surface area (Å²) in [5.41, 5.74) is 0.828. The number of aromatic nitrogens is 4. The molecule has 1 saturated carbocycles. The Balaban J connectivity index is 1.23. The monoisotopic (exact) mass is 408 g/mol. The molecule has 3 fully saturated rings. The van der Waals surface area contributed by atoms with Gasteiger partial charge in [-0.2, -0.15) is 0 Å². The first-order valence-corrected chi connectivity index (χ1v) is 11.6. The van der Waals surface area contributed by atoms with Crippen molar-refractivity contribution in [3.8, 4) is 0 Å². The number of hydrogen-bond donors (Lipinski definition) is 0. The smallest absolute Gasteiger partial charge is 0.254 e. The number of nitrogens with zero attached hydrogens (tertiary/aromatic N) is 6. The minimum Gasteiger partial charge on any atom is -0.335 e. The number of carbonyl (C=O) groups is 1. The van der Waals surface area contributed by atoms with Crippen LogP contribution in [-0.4, -0.2) is 61.6 Å².